The highest BCUT2D eigenvalue weighted by atomic mass is 79.9. The first-order valence-corrected chi connectivity index (χ1v) is 7.18. The van der Waals surface area contributed by atoms with Crippen molar-refractivity contribution in [3.05, 3.63) is 22.4 Å². The summed E-state index contributed by atoms with van der Waals surface area (Å²) in [7, 11) is 1.89. The van der Waals surface area contributed by atoms with E-state index in [9.17, 15) is 4.79 Å². The molecule has 2 N–H and O–H groups in total. The van der Waals surface area contributed by atoms with Gasteiger partial charge in [0.2, 0.25) is 0 Å². The van der Waals surface area contributed by atoms with Crippen LogP contribution < -0.4 is 5.73 Å². The third-order valence-corrected chi connectivity index (χ3v) is 4.04. The summed E-state index contributed by atoms with van der Waals surface area (Å²) in [6.45, 7) is 2.80. The van der Waals surface area contributed by atoms with Crippen LogP contribution in [0.5, 0.6) is 0 Å². The van der Waals surface area contributed by atoms with Crippen molar-refractivity contribution in [1.29, 1.82) is 0 Å². The highest BCUT2D eigenvalue weighted by molar-refractivity contribution is 9.10. The molecule has 1 saturated heterocycles. The van der Waals surface area contributed by atoms with E-state index < -0.39 is 0 Å². The number of nitrogens with zero attached hydrogens (tertiary/aromatic N) is 2. The van der Waals surface area contributed by atoms with Gasteiger partial charge in [0.1, 0.15) is 5.69 Å². The summed E-state index contributed by atoms with van der Waals surface area (Å²) < 4.78 is 2.79. The van der Waals surface area contributed by atoms with Crippen LogP contribution in [0.2, 0.25) is 0 Å². The summed E-state index contributed by atoms with van der Waals surface area (Å²) in [5.41, 5.74) is 6.72. The standard InChI is InChI=1S/C13H20BrN3O/c1-9(15)11-5-3-4-6-17(11)13(18)12-7-10(14)8-16(12)2/h7-9,11H,3-6,15H2,1-2H3/t9-,11+/m0/s1. The number of aryl methyl sites for hydroxylation is 1. The molecule has 0 radical (unpaired) electrons. The van der Waals surface area contributed by atoms with Gasteiger partial charge in [-0.15, -0.1) is 0 Å². The second-order valence-electron chi connectivity index (χ2n) is 5.08. The van der Waals surface area contributed by atoms with Gasteiger partial charge < -0.3 is 15.2 Å². The van der Waals surface area contributed by atoms with Gasteiger partial charge in [0.05, 0.1) is 0 Å². The fourth-order valence-electron chi connectivity index (χ4n) is 2.64. The number of nitrogens with two attached hydrogens (primary N) is 1. The predicted molar refractivity (Wildman–Crippen MR) is 75.4 cm³/mol. The number of carbonyl (C=O) groups is 1. The van der Waals surface area contributed by atoms with Crippen LogP contribution in [0, 0.1) is 0 Å². The molecule has 5 heteroatoms. The van der Waals surface area contributed by atoms with E-state index in [1.54, 1.807) is 0 Å². The lowest BCUT2D eigenvalue weighted by Crippen LogP contribution is -2.52. The molecule has 1 aliphatic rings. The Hall–Kier alpha value is -0.810. The number of hydrogen-bond acceptors (Lipinski definition) is 2. The fraction of sp³-hybridized carbons (Fsp3) is 0.615. The van der Waals surface area contributed by atoms with Crippen molar-refractivity contribution in [3.63, 3.8) is 0 Å². The first-order chi connectivity index (χ1) is 8.50. The van der Waals surface area contributed by atoms with E-state index in [4.69, 9.17) is 5.73 Å². The highest BCUT2D eigenvalue weighted by Crippen LogP contribution is 2.23. The Morgan fingerprint density at radius 1 is 1.56 bits per heavy atom. The summed E-state index contributed by atoms with van der Waals surface area (Å²) in [5.74, 6) is 0.0881. The maximum absolute atomic E-state index is 12.6. The van der Waals surface area contributed by atoms with E-state index in [-0.39, 0.29) is 18.0 Å². The van der Waals surface area contributed by atoms with E-state index in [2.05, 4.69) is 15.9 Å². The number of hydrogen-bond donors (Lipinski definition) is 1. The van der Waals surface area contributed by atoms with Crippen LogP contribution in [0.15, 0.2) is 16.7 Å². The second-order valence-corrected chi connectivity index (χ2v) is 5.99. The first-order valence-electron chi connectivity index (χ1n) is 6.39. The Morgan fingerprint density at radius 2 is 2.28 bits per heavy atom. The molecular weight excluding hydrogens is 294 g/mol. The van der Waals surface area contributed by atoms with Crippen molar-refractivity contribution in [2.24, 2.45) is 12.8 Å². The molecule has 100 valence electrons. The molecule has 1 aromatic rings. The topological polar surface area (TPSA) is 51.3 Å². The third kappa shape index (κ3) is 2.62. The smallest absolute Gasteiger partial charge is 0.270 e. The van der Waals surface area contributed by atoms with Gasteiger partial charge >= 0.3 is 0 Å². The van der Waals surface area contributed by atoms with Crippen LogP contribution in [-0.4, -0.2) is 34.0 Å². The highest BCUT2D eigenvalue weighted by Gasteiger charge is 2.30. The number of amides is 1. The zero-order valence-corrected chi connectivity index (χ0v) is 12.5. The van der Waals surface area contributed by atoms with Crippen molar-refractivity contribution < 1.29 is 4.79 Å². The maximum Gasteiger partial charge on any atom is 0.270 e. The van der Waals surface area contributed by atoms with Crippen LogP contribution in [0.1, 0.15) is 36.7 Å². The van der Waals surface area contributed by atoms with E-state index in [1.165, 1.54) is 0 Å². The van der Waals surface area contributed by atoms with E-state index in [1.807, 2.05) is 35.7 Å². The van der Waals surface area contributed by atoms with E-state index in [0.717, 1.165) is 36.0 Å². The average Bonchev–Trinajstić information content (AvgIpc) is 2.67. The van der Waals surface area contributed by atoms with Crippen LogP contribution in [0.4, 0.5) is 0 Å². The Bertz CT molecular complexity index is 441. The Balaban J connectivity index is 2.23. The van der Waals surface area contributed by atoms with Gasteiger partial charge in [0, 0.05) is 36.3 Å². The third-order valence-electron chi connectivity index (χ3n) is 3.61. The minimum atomic E-state index is 0.0259. The molecule has 0 saturated carbocycles. The van der Waals surface area contributed by atoms with Gasteiger partial charge in [0.25, 0.3) is 5.91 Å². The minimum Gasteiger partial charge on any atom is -0.345 e. The molecule has 1 aliphatic heterocycles. The molecular formula is C13H20BrN3O. The van der Waals surface area contributed by atoms with E-state index in [0.29, 0.717) is 0 Å². The molecule has 4 nitrogen and oxygen atoms in total. The molecule has 0 bridgehead atoms. The lowest BCUT2D eigenvalue weighted by Gasteiger charge is -2.38. The SMILES string of the molecule is C[C@H](N)[C@H]1CCCCN1C(=O)c1cc(Br)cn1C. The van der Waals surface area contributed by atoms with Gasteiger partial charge in [-0.1, -0.05) is 0 Å². The number of aromatic nitrogens is 1. The molecule has 1 fully saturated rings. The summed E-state index contributed by atoms with van der Waals surface area (Å²) in [4.78, 5) is 14.5. The minimum absolute atomic E-state index is 0.0259. The Kier molecular flexibility index (Phi) is 4.12. The Morgan fingerprint density at radius 3 is 2.83 bits per heavy atom. The molecule has 2 heterocycles. The van der Waals surface area contributed by atoms with Gasteiger partial charge in [0.15, 0.2) is 0 Å². The van der Waals surface area contributed by atoms with Crippen molar-refractivity contribution in [3.8, 4) is 0 Å². The van der Waals surface area contributed by atoms with E-state index >= 15 is 0 Å². The van der Waals surface area contributed by atoms with Gasteiger partial charge in [-0.2, -0.15) is 0 Å². The van der Waals surface area contributed by atoms with Crippen molar-refractivity contribution in [1.82, 2.24) is 9.47 Å². The predicted octanol–water partition coefficient (Wildman–Crippen LogP) is 2.13. The average molecular weight is 314 g/mol. The maximum atomic E-state index is 12.6. The Labute approximate surface area is 116 Å². The summed E-state index contributed by atoms with van der Waals surface area (Å²) in [6, 6.07) is 2.06. The summed E-state index contributed by atoms with van der Waals surface area (Å²) in [6.07, 6.45) is 5.14. The summed E-state index contributed by atoms with van der Waals surface area (Å²) >= 11 is 3.40. The van der Waals surface area contributed by atoms with Crippen molar-refractivity contribution >= 4 is 21.8 Å². The number of halogens is 1. The zero-order valence-electron chi connectivity index (χ0n) is 10.9. The molecule has 18 heavy (non-hydrogen) atoms. The van der Waals surface area contributed by atoms with Crippen LogP contribution in [0.25, 0.3) is 0 Å². The number of rotatable bonds is 2. The fourth-order valence-corrected chi connectivity index (χ4v) is 3.16. The zero-order chi connectivity index (χ0) is 13.3. The van der Waals surface area contributed by atoms with Crippen molar-refractivity contribution in [2.45, 2.75) is 38.3 Å². The molecule has 2 atom stereocenters. The van der Waals surface area contributed by atoms with Gasteiger partial charge in [-0.05, 0) is 48.2 Å². The molecule has 0 aliphatic carbocycles. The number of likely N-dealkylation sites (tertiary alicyclic amines) is 1. The molecule has 0 aromatic carbocycles. The normalized spacial score (nSPS) is 22.0. The molecule has 1 aromatic heterocycles. The molecule has 0 spiro atoms. The number of piperidine rings is 1. The van der Waals surface area contributed by atoms with Crippen molar-refractivity contribution in [2.75, 3.05) is 6.54 Å². The molecule has 0 unspecified atom stereocenters. The van der Waals surface area contributed by atoms with Gasteiger partial charge in [-0.3, -0.25) is 4.79 Å². The lowest BCUT2D eigenvalue weighted by atomic mass is 9.96. The van der Waals surface area contributed by atoms with Gasteiger partial charge in [-0.25, -0.2) is 0 Å². The number of carbonyl (C=O) groups excluding carboxylic acids is 1. The van der Waals surface area contributed by atoms with Crippen LogP contribution >= 0.6 is 15.9 Å². The quantitative estimate of drug-likeness (QED) is 0.909. The largest absolute Gasteiger partial charge is 0.345 e. The molecule has 2 rings (SSSR count). The lowest BCUT2D eigenvalue weighted by molar-refractivity contribution is 0.0574. The molecule has 1 amide bonds. The summed E-state index contributed by atoms with van der Waals surface area (Å²) in [5, 5.41) is 0. The van der Waals surface area contributed by atoms with Crippen LogP contribution in [0.3, 0.4) is 0 Å². The monoisotopic (exact) mass is 313 g/mol. The second kappa shape index (κ2) is 5.45. The van der Waals surface area contributed by atoms with Crippen LogP contribution in [-0.2, 0) is 7.05 Å². The first kappa shape index (κ1) is 13.6.